The number of carboxylic acid groups (broad SMARTS) is 1. The van der Waals surface area contributed by atoms with Gasteiger partial charge in [0.1, 0.15) is 35.1 Å². The van der Waals surface area contributed by atoms with Crippen LogP contribution in [0.3, 0.4) is 0 Å². The van der Waals surface area contributed by atoms with Crippen molar-refractivity contribution in [3.05, 3.63) is 119 Å². The van der Waals surface area contributed by atoms with E-state index in [2.05, 4.69) is 41.2 Å². The molecule has 6 aliphatic heterocycles. The molecule has 29 nitrogen and oxygen atoms in total. The number of carbonyl (C=O) groups excluding carboxylic acids is 9. The molecular formula is C58H56N14O15. The van der Waals surface area contributed by atoms with Crippen molar-refractivity contribution in [1.82, 2.24) is 51.0 Å². The summed E-state index contributed by atoms with van der Waals surface area (Å²) in [5, 5.41) is 52.6. The molecule has 2 unspecified atom stereocenters. The summed E-state index contributed by atoms with van der Waals surface area (Å²) in [6, 6.07) is 24.0. The zero-order valence-electron chi connectivity index (χ0n) is 46.2. The van der Waals surface area contributed by atoms with E-state index >= 15 is 0 Å². The molecule has 10 N–H and O–H groups in total. The van der Waals surface area contributed by atoms with E-state index in [1.165, 1.54) is 36.4 Å². The van der Waals surface area contributed by atoms with Crippen LogP contribution in [0.2, 0.25) is 0 Å². The highest BCUT2D eigenvalue weighted by molar-refractivity contribution is 6.25. The Morgan fingerprint density at radius 2 is 0.954 bits per heavy atom. The lowest BCUT2D eigenvalue weighted by Crippen LogP contribution is -2.54. The first kappa shape index (κ1) is 59.1. The Labute approximate surface area is 493 Å². The number of carboxylic acids is 1. The number of piperazine rings is 2. The van der Waals surface area contributed by atoms with E-state index in [9.17, 15) is 58.2 Å². The number of nitrogens with one attached hydrogen (secondary N) is 3. The Morgan fingerprint density at radius 3 is 1.39 bits per heavy atom. The van der Waals surface area contributed by atoms with Crippen LogP contribution in [0.5, 0.6) is 23.0 Å². The molecule has 0 bridgehead atoms. The molecule has 12 rings (SSSR count). The largest absolute Gasteiger partial charge is 0.507 e. The molecule has 8 heterocycles. The normalized spacial score (nSPS) is 18.2. The Hall–Kier alpha value is -11.1. The van der Waals surface area contributed by atoms with Crippen molar-refractivity contribution >= 4 is 82.1 Å². The van der Waals surface area contributed by atoms with Gasteiger partial charge in [-0.25, -0.2) is 4.79 Å². The average Bonchev–Trinajstić information content (AvgIpc) is 1.73. The average molecular weight is 1190 g/mol. The Kier molecular flexibility index (Phi) is 17.2. The number of hydrogen-bond acceptors (Lipinski definition) is 23. The van der Waals surface area contributed by atoms with E-state index < -0.39 is 71.9 Å². The molecule has 29 heteroatoms. The number of ether oxygens (including phenoxy) is 2. The summed E-state index contributed by atoms with van der Waals surface area (Å²) in [5.41, 5.74) is 15.9. The van der Waals surface area contributed by atoms with Crippen molar-refractivity contribution in [2.24, 2.45) is 0 Å². The fraction of sp³-hybridized carbons (Fsp3) is 0.276. The van der Waals surface area contributed by atoms with Crippen molar-refractivity contribution in [1.29, 1.82) is 0 Å². The molecule has 87 heavy (non-hydrogen) atoms. The molecule has 0 aliphatic carbocycles. The monoisotopic (exact) mass is 1190 g/mol. The minimum Gasteiger partial charge on any atom is -0.507 e. The van der Waals surface area contributed by atoms with E-state index in [1.54, 1.807) is 47.4 Å². The smallest absolute Gasteiger partial charge is 0.341 e. The number of rotatable bonds is 12. The molecule has 6 aromatic rings. The number of fused-ring (bicyclic) bond motifs is 2. The van der Waals surface area contributed by atoms with Gasteiger partial charge in [-0.3, -0.25) is 63.6 Å². The predicted octanol–water partition coefficient (Wildman–Crippen LogP) is 0.952. The van der Waals surface area contributed by atoms with Gasteiger partial charge in [0.2, 0.25) is 23.6 Å². The maximum absolute atomic E-state index is 13.3. The van der Waals surface area contributed by atoms with Crippen molar-refractivity contribution in [3.8, 4) is 45.5 Å². The van der Waals surface area contributed by atoms with Crippen molar-refractivity contribution in [3.63, 3.8) is 0 Å². The number of benzene rings is 4. The zero-order chi connectivity index (χ0) is 61.6. The third-order valence-corrected chi connectivity index (χ3v) is 15.0. The Bertz CT molecular complexity index is 3790. The van der Waals surface area contributed by atoms with Crippen LogP contribution in [-0.4, -0.2) is 187 Å². The second kappa shape index (κ2) is 25.4. The molecule has 0 saturated carbocycles. The van der Waals surface area contributed by atoms with Gasteiger partial charge in [0, 0.05) is 76.3 Å². The zero-order valence-corrected chi connectivity index (χ0v) is 46.2. The number of nitrogens with zero attached hydrogens (tertiary/aromatic N) is 9. The number of para-hydroxylation sites is 2. The highest BCUT2D eigenvalue weighted by atomic mass is 16.5. The number of amides is 9. The molecule has 4 fully saturated rings. The molecule has 0 radical (unpaired) electrons. The number of hydrogen-bond donors (Lipinski definition) is 8. The SMILES string of the molecule is Nc1nnc(-c2ccccc2O)cc1N1CCN(C(=O)COc2cccc3c2C(=O)N(C2CCC(=O)NC2=O)C3=O)CC1.Nc1nnc(-c2ccccc2O)cc1N1CCNCC1.O=C(O)COc1cccc2c1C(=O)N(C1CCC(=O)NC1=O)C2=O. The van der Waals surface area contributed by atoms with Gasteiger partial charge in [-0.05, 0) is 73.5 Å². The summed E-state index contributed by atoms with van der Waals surface area (Å²) in [4.78, 5) is 130. The van der Waals surface area contributed by atoms with E-state index in [0.717, 1.165) is 41.7 Å². The van der Waals surface area contributed by atoms with Crippen LogP contribution in [0.4, 0.5) is 23.0 Å². The number of nitrogen functional groups attached to an aromatic ring is 2. The van der Waals surface area contributed by atoms with Crippen LogP contribution in [0.15, 0.2) is 97.1 Å². The fourth-order valence-electron chi connectivity index (χ4n) is 10.6. The lowest BCUT2D eigenvalue weighted by atomic mass is 10.0. The topological polar surface area (TPSA) is 406 Å². The van der Waals surface area contributed by atoms with Gasteiger partial charge >= 0.3 is 5.97 Å². The number of anilines is 4. The lowest BCUT2D eigenvalue weighted by molar-refractivity contribution is -0.139. The van der Waals surface area contributed by atoms with Crippen LogP contribution in [0, 0.1) is 0 Å². The minimum absolute atomic E-state index is 0.0109. The molecule has 2 atom stereocenters. The predicted molar refractivity (Wildman–Crippen MR) is 306 cm³/mol. The number of imide groups is 4. The Morgan fingerprint density at radius 1 is 0.529 bits per heavy atom. The van der Waals surface area contributed by atoms with E-state index in [0.29, 0.717) is 60.2 Å². The van der Waals surface area contributed by atoms with Gasteiger partial charge in [-0.1, -0.05) is 36.4 Å². The highest BCUT2D eigenvalue weighted by Gasteiger charge is 2.48. The van der Waals surface area contributed by atoms with Gasteiger partial charge in [-0.15, -0.1) is 20.4 Å². The molecule has 9 amide bonds. The van der Waals surface area contributed by atoms with Crippen LogP contribution in [-0.2, 0) is 28.8 Å². The van der Waals surface area contributed by atoms with Crippen LogP contribution < -0.4 is 46.7 Å². The minimum atomic E-state index is -1.23. The number of carbonyl (C=O) groups is 10. The van der Waals surface area contributed by atoms with Crippen molar-refractivity contribution < 1.29 is 72.7 Å². The molecule has 4 aromatic carbocycles. The summed E-state index contributed by atoms with van der Waals surface area (Å²) in [6.45, 7) is 4.22. The second-order valence-electron chi connectivity index (χ2n) is 20.4. The first-order valence-electron chi connectivity index (χ1n) is 27.4. The number of piperidine rings is 2. The highest BCUT2D eigenvalue weighted by Crippen LogP contribution is 2.37. The lowest BCUT2D eigenvalue weighted by Gasteiger charge is -2.36. The summed E-state index contributed by atoms with van der Waals surface area (Å²) < 4.78 is 10.8. The van der Waals surface area contributed by atoms with Gasteiger partial charge < -0.3 is 56.3 Å². The van der Waals surface area contributed by atoms with Gasteiger partial charge in [0.15, 0.2) is 24.8 Å². The van der Waals surface area contributed by atoms with Crippen LogP contribution >= 0.6 is 0 Å². The number of phenols is 2. The molecule has 0 spiro atoms. The molecule has 6 aliphatic rings. The summed E-state index contributed by atoms with van der Waals surface area (Å²) in [5.74, 6) is -5.73. The molecule has 448 valence electrons. The maximum atomic E-state index is 13.3. The third kappa shape index (κ3) is 12.4. The fourth-order valence-corrected chi connectivity index (χ4v) is 10.6. The maximum Gasteiger partial charge on any atom is 0.341 e. The summed E-state index contributed by atoms with van der Waals surface area (Å²) >= 11 is 0. The second-order valence-corrected chi connectivity index (χ2v) is 20.4. The number of phenolic OH excluding ortho intramolecular Hbond substituents is 2. The van der Waals surface area contributed by atoms with Crippen LogP contribution in [0.1, 0.15) is 67.1 Å². The standard InChI is InChI=1S/C29H27N7O7.C15H12N2O7.C14H17N5O/c30-26-20(14-18(32-33-26)16-4-1-2-6-21(16)37)34-10-12-35(13-11-34)24(39)15-43-22-7-3-5-17-25(22)29(42)36(28(17)41)19-8-9-23(38)31-27(19)40;18-10-5-4-8(13(21)16-10)17-14(22)7-2-1-3-9(12(7)15(17)23)24-6-11(19)20;15-14-12(19-7-5-16-6-8-19)9-11(17-18-14)10-3-1-2-4-13(10)20/h1-7,14,19,37H,8-13,15H2,(H2,30,33)(H,31,38,40);1-3,8H,4-6H2,(H,19,20)(H,16,18,21);1-4,9,16,20H,5-8H2,(H2,15,18). The first-order valence-corrected chi connectivity index (χ1v) is 27.4. The molecule has 4 saturated heterocycles. The van der Waals surface area contributed by atoms with Crippen molar-refractivity contribution in [2.45, 2.75) is 37.8 Å². The number of aliphatic carboxylic acids is 1. The summed E-state index contributed by atoms with van der Waals surface area (Å²) in [7, 11) is 0. The van der Waals surface area contributed by atoms with E-state index in [-0.39, 0.29) is 89.3 Å². The Balaban J connectivity index is 0.000000160. The van der Waals surface area contributed by atoms with Gasteiger partial charge in [0.25, 0.3) is 29.5 Å². The third-order valence-electron chi connectivity index (χ3n) is 15.0. The molecule has 2 aromatic heterocycles. The number of aromatic nitrogens is 4. The molecular weight excluding hydrogens is 1130 g/mol. The summed E-state index contributed by atoms with van der Waals surface area (Å²) in [6.07, 6.45) is 0.110. The van der Waals surface area contributed by atoms with Gasteiger partial charge in [-0.2, -0.15) is 0 Å². The van der Waals surface area contributed by atoms with Crippen molar-refractivity contribution in [2.75, 3.05) is 86.8 Å². The first-order chi connectivity index (χ1) is 41.9. The van der Waals surface area contributed by atoms with Crippen LogP contribution in [0.25, 0.3) is 22.5 Å². The number of nitrogens with two attached hydrogens (primary N) is 2. The number of aromatic hydroxyl groups is 2. The van der Waals surface area contributed by atoms with Gasteiger partial charge in [0.05, 0.1) is 45.0 Å². The van der Waals surface area contributed by atoms with E-state index in [1.807, 2.05) is 23.1 Å². The quantitative estimate of drug-likeness (QED) is 0.0791. The van der Waals surface area contributed by atoms with E-state index in [4.69, 9.17) is 26.0 Å².